The van der Waals surface area contributed by atoms with E-state index >= 15 is 0 Å². The summed E-state index contributed by atoms with van der Waals surface area (Å²) in [7, 11) is 6.01. The highest BCUT2D eigenvalue weighted by Crippen LogP contribution is 2.22. The van der Waals surface area contributed by atoms with E-state index in [1.807, 2.05) is 0 Å². The van der Waals surface area contributed by atoms with Gasteiger partial charge in [-0.05, 0) is 44.5 Å². The normalized spacial score (nSPS) is 17.8. The summed E-state index contributed by atoms with van der Waals surface area (Å²) in [6, 6.07) is 6.37. The largest absolute Gasteiger partial charge is 0.493 e. The molecule has 1 aromatic rings. The average Bonchev–Trinajstić information content (AvgIpc) is 3.13. The molecule has 1 aliphatic rings. The summed E-state index contributed by atoms with van der Waals surface area (Å²) in [6.45, 7) is 11.5. The molecule has 0 amide bonds. The van der Waals surface area contributed by atoms with Gasteiger partial charge in [0.15, 0.2) is 5.96 Å². The zero-order valence-corrected chi connectivity index (χ0v) is 18.5. The van der Waals surface area contributed by atoms with Crippen LogP contribution in [-0.4, -0.2) is 64.9 Å². The monoisotopic (exact) mass is 390 g/mol. The fraction of sp³-hybridized carbons (Fsp3) is 0.682. The lowest BCUT2D eigenvalue weighted by Gasteiger charge is -2.29. The van der Waals surface area contributed by atoms with E-state index in [0.29, 0.717) is 19.1 Å². The van der Waals surface area contributed by atoms with Gasteiger partial charge in [-0.25, -0.2) is 0 Å². The van der Waals surface area contributed by atoms with Crippen molar-refractivity contribution < 1.29 is 9.47 Å². The molecule has 2 rings (SSSR count). The predicted molar refractivity (Wildman–Crippen MR) is 116 cm³/mol. The van der Waals surface area contributed by atoms with Crippen molar-refractivity contribution in [3.05, 3.63) is 29.3 Å². The van der Waals surface area contributed by atoms with Gasteiger partial charge < -0.3 is 25.0 Å². The van der Waals surface area contributed by atoms with Crippen molar-refractivity contribution in [2.24, 2.45) is 16.3 Å². The second-order valence-electron chi connectivity index (χ2n) is 8.83. The van der Waals surface area contributed by atoms with Crippen LogP contribution in [0.2, 0.25) is 0 Å². The van der Waals surface area contributed by atoms with Crippen LogP contribution in [0.1, 0.15) is 31.4 Å². The maximum atomic E-state index is 6.14. The topological polar surface area (TPSA) is 58.1 Å². The summed E-state index contributed by atoms with van der Waals surface area (Å²) in [5.41, 5.74) is 2.50. The van der Waals surface area contributed by atoms with Crippen LogP contribution in [0.4, 0.5) is 0 Å². The molecule has 0 aliphatic carbocycles. The van der Waals surface area contributed by atoms with Crippen molar-refractivity contribution in [3.8, 4) is 5.75 Å². The van der Waals surface area contributed by atoms with Gasteiger partial charge in [0.1, 0.15) is 5.75 Å². The number of nitrogens with one attached hydrogen (secondary N) is 2. The molecule has 2 N–H and O–H groups in total. The van der Waals surface area contributed by atoms with E-state index in [9.17, 15) is 0 Å². The van der Waals surface area contributed by atoms with Crippen LogP contribution in [0.15, 0.2) is 23.2 Å². The molecule has 0 aromatic heterocycles. The third-order valence-electron chi connectivity index (χ3n) is 4.87. The van der Waals surface area contributed by atoms with Crippen molar-refractivity contribution in [2.75, 3.05) is 54.1 Å². The average molecular weight is 391 g/mol. The number of benzene rings is 1. The van der Waals surface area contributed by atoms with Crippen LogP contribution in [-0.2, 0) is 11.3 Å². The lowest BCUT2D eigenvalue weighted by Crippen LogP contribution is -2.44. The van der Waals surface area contributed by atoms with Gasteiger partial charge in [-0.2, -0.15) is 0 Å². The van der Waals surface area contributed by atoms with Crippen LogP contribution in [0.3, 0.4) is 0 Å². The Balaban J connectivity index is 1.90. The van der Waals surface area contributed by atoms with Gasteiger partial charge in [-0.1, -0.05) is 26.0 Å². The number of aliphatic imine (C=N–C) groups is 1. The Hall–Kier alpha value is -1.79. The Labute approximate surface area is 170 Å². The molecule has 6 heteroatoms. The number of rotatable bonds is 9. The van der Waals surface area contributed by atoms with E-state index in [2.05, 4.69) is 73.6 Å². The van der Waals surface area contributed by atoms with Crippen LogP contribution < -0.4 is 15.4 Å². The molecule has 0 bridgehead atoms. The molecule has 1 aromatic carbocycles. The van der Waals surface area contributed by atoms with E-state index in [1.54, 1.807) is 7.05 Å². The van der Waals surface area contributed by atoms with E-state index in [4.69, 9.17) is 9.47 Å². The zero-order chi connectivity index (χ0) is 20.6. The van der Waals surface area contributed by atoms with Crippen molar-refractivity contribution in [3.63, 3.8) is 0 Å². The fourth-order valence-corrected chi connectivity index (χ4v) is 3.50. The molecule has 6 nitrogen and oxygen atoms in total. The Bertz CT molecular complexity index is 637. The van der Waals surface area contributed by atoms with Gasteiger partial charge in [0.05, 0.1) is 13.2 Å². The smallest absolute Gasteiger partial charge is 0.191 e. The first-order valence-corrected chi connectivity index (χ1v) is 10.2. The quantitative estimate of drug-likeness (QED) is 0.501. The highest BCUT2D eigenvalue weighted by atomic mass is 16.5. The fourth-order valence-electron chi connectivity index (χ4n) is 3.50. The Morgan fingerprint density at radius 1 is 1.32 bits per heavy atom. The molecule has 0 spiro atoms. The predicted octanol–water partition coefficient (Wildman–Crippen LogP) is 2.66. The number of guanidine groups is 1. The highest BCUT2D eigenvalue weighted by Gasteiger charge is 2.20. The molecule has 0 saturated carbocycles. The van der Waals surface area contributed by atoms with Gasteiger partial charge in [0.25, 0.3) is 0 Å². The molecule has 1 saturated heterocycles. The highest BCUT2D eigenvalue weighted by molar-refractivity contribution is 5.79. The molecular formula is C22H38N4O2. The molecule has 1 unspecified atom stereocenters. The molecule has 0 radical (unpaired) electrons. The number of hydrogen-bond donors (Lipinski definition) is 2. The maximum Gasteiger partial charge on any atom is 0.191 e. The minimum Gasteiger partial charge on any atom is -0.493 e. The minimum atomic E-state index is 0.155. The molecule has 1 fully saturated rings. The molecule has 1 aliphatic heterocycles. The van der Waals surface area contributed by atoms with Crippen LogP contribution in [0, 0.1) is 18.3 Å². The Morgan fingerprint density at radius 2 is 2.11 bits per heavy atom. The standard InChI is InChI=1S/C22H38N4O2/c1-17-7-8-19(20(11-17)28-14-18-9-10-27-13-18)12-24-21(23-4)25-15-22(2,3)16-26(5)6/h7-8,11,18H,9-10,12-16H2,1-6H3,(H2,23,24,25). The van der Waals surface area contributed by atoms with Crippen molar-refractivity contribution >= 4 is 5.96 Å². The first-order valence-electron chi connectivity index (χ1n) is 10.2. The van der Waals surface area contributed by atoms with E-state index in [0.717, 1.165) is 50.0 Å². The van der Waals surface area contributed by atoms with Crippen molar-refractivity contribution in [2.45, 2.75) is 33.7 Å². The van der Waals surface area contributed by atoms with Crippen LogP contribution in [0.25, 0.3) is 0 Å². The SMILES string of the molecule is CN=C(NCc1ccc(C)cc1OCC1CCOC1)NCC(C)(C)CN(C)C. The summed E-state index contributed by atoms with van der Waals surface area (Å²) >= 11 is 0. The molecule has 158 valence electrons. The van der Waals surface area contributed by atoms with Gasteiger partial charge in [0, 0.05) is 44.8 Å². The van der Waals surface area contributed by atoms with Gasteiger partial charge in [-0.15, -0.1) is 0 Å². The first-order chi connectivity index (χ1) is 13.3. The van der Waals surface area contributed by atoms with E-state index in [-0.39, 0.29) is 5.41 Å². The Morgan fingerprint density at radius 3 is 2.75 bits per heavy atom. The second-order valence-corrected chi connectivity index (χ2v) is 8.83. The Kier molecular flexibility index (Phi) is 8.58. The first kappa shape index (κ1) is 22.5. The van der Waals surface area contributed by atoms with E-state index < -0.39 is 0 Å². The number of ether oxygens (including phenoxy) is 2. The molecule has 1 heterocycles. The number of nitrogens with zero attached hydrogens (tertiary/aromatic N) is 2. The molecule has 28 heavy (non-hydrogen) atoms. The van der Waals surface area contributed by atoms with Crippen molar-refractivity contribution in [1.29, 1.82) is 0 Å². The molecule has 1 atom stereocenters. The van der Waals surface area contributed by atoms with Gasteiger partial charge in [-0.3, -0.25) is 4.99 Å². The summed E-state index contributed by atoms with van der Waals surface area (Å²) in [4.78, 5) is 6.58. The van der Waals surface area contributed by atoms with Crippen LogP contribution >= 0.6 is 0 Å². The lowest BCUT2D eigenvalue weighted by atomic mass is 9.93. The summed E-state index contributed by atoms with van der Waals surface area (Å²) in [5.74, 6) is 2.25. The summed E-state index contributed by atoms with van der Waals surface area (Å²) in [6.07, 6.45) is 1.08. The van der Waals surface area contributed by atoms with Gasteiger partial charge >= 0.3 is 0 Å². The van der Waals surface area contributed by atoms with E-state index in [1.165, 1.54) is 5.56 Å². The summed E-state index contributed by atoms with van der Waals surface area (Å²) < 4.78 is 11.6. The van der Waals surface area contributed by atoms with Gasteiger partial charge in [0.2, 0.25) is 0 Å². The second kappa shape index (κ2) is 10.7. The minimum absolute atomic E-state index is 0.155. The third-order valence-corrected chi connectivity index (χ3v) is 4.87. The molecular weight excluding hydrogens is 352 g/mol. The zero-order valence-electron chi connectivity index (χ0n) is 18.5. The third kappa shape index (κ3) is 7.68. The van der Waals surface area contributed by atoms with Crippen LogP contribution in [0.5, 0.6) is 5.75 Å². The number of hydrogen-bond acceptors (Lipinski definition) is 4. The van der Waals surface area contributed by atoms with Crippen molar-refractivity contribution in [1.82, 2.24) is 15.5 Å². The maximum absolute atomic E-state index is 6.14. The summed E-state index contributed by atoms with van der Waals surface area (Å²) in [5, 5.41) is 6.87. The number of aryl methyl sites for hydroxylation is 1. The lowest BCUT2D eigenvalue weighted by molar-refractivity contribution is 0.166.